The van der Waals surface area contributed by atoms with Crippen molar-refractivity contribution in [1.29, 1.82) is 0 Å². The summed E-state index contributed by atoms with van der Waals surface area (Å²) in [6, 6.07) is 4.56. The van der Waals surface area contributed by atoms with Crippen LogP contribution in [-0.4, -0.2) is 27.3 Å². The van der Waals surface area contributed by atoms with Crippen LogP contribution < -0.4 is 5.32 Å². The van der Waals surface area contributed by atoms with Crippen LogP contribution in [0, 0.1) is 0 Å². The molecule has 2 aromatic rings. The quantitative estimate of drug-likeness (QED) is 0.648. The first-order valence-electron chi connectivity index (χ1n) is 5.09. The van der Waals surface area contributed by atoms with E-state index in [4.69, 9.17) is 0 Å². The Morgan fingerprint density at radius 3 is 3.00 bits per heavy atom. The zero-order chi connectivity index (χ0) is 13.0. The van der Waals surface area contributed by atoms with Crippen LogP contribution in [0.1, 0.15) is 10.9 Å². The van der Waals surface area contributed by atoms with Gasteiger partial charge in [0.15, 0.2) is 6.04 Å². The summed E-state index contributed by atoms with van der Waals surface area (Å²) in [5, 5.41) is 14.8. The van der Waals surface area contributed by atoms with Crippen molar-refractivity contribution < 1.29 is 9.90 Å². The molecule has 0 spiro atoms. The lowest BCUT2D eigenvalue weighted by Gasteiger charge is -2.13. The molecule has 0 aromatic carbocycles. The fourth-order valence-electron chi connectivity index (χ4n) is 1.39. The molecular weight excluding hydrogens is 270 g/mol. The predicted octanol–water partition coefficient (Wildman–Crippen LogP) is 2.50. The van der Waals surface area contributed by atoms with Gasteiger partial charge in [-0.25, -0.2) is 14.8 Å². The SMILES string of the molecule is CSc1cc(NC(C(=O)O)c2cccs2)ncn1. The van der Waals surface area contributed by atoms with E-state index in [2.05, 4.69) is 15.3 Å². The number of anilines is 1. The minimum Gasteiger partial charge on any atom is -0.479 e. The monoisotopic (exact) mass is 281 g/mol. The molecule has 0 saturated carbocycles. The summed E-state index contributed by atoms with van der Waals surface area (Å²) in [6.07, 6.45) is 3.32. The number of thioether (sulfide) groups is 1. The first-order chi connectivity index (χ1) is 8.70. The Balaban J connectivity index is 2.21. The van der Waals surface area contributed by atoms with Gasteiger partial charge in [-0.15, -0.1) is 23.1 Å². The Morgan fingerprint density at radius 2 is 2.39 bits per heavy atom. The summed E-state index contributed by atoms with van der Waals surface area (Å²) in [7, 11) is 0. The van der Waals surface area contributed by atoms with Gasteiger partial charge in [0, 0.05) is 10.9 Å². The van der Waals surface area contributed by atoms with Crippen LogP contribution in [0.2, 0.25) is 0 Å². The average molecular weight is 281 g/mol. The number of aliphatic carboxylic acids is 1. The third kappa shape index (κ3) is 2.99. The maximum atomic E-state index is 11.3. The fraction of sp³-hybridized carbons (Fsp3) is 0.182. The van der Waals surface area contributed by atoms with Gasteiger partial charge >= 0.3 is 5.97 Å². The Bertz CT molecular complexity index is 531. The first-order valence-corrected chi connectivity index (χ1v) is 7.20. The minimum absolute atomic E-state index is 0.509. The smallest absolute Gasteiger partial charge is 0.331 e. The number of hydrogen-bond acceptors (Lipinski definition) is 6. The second-order valence-corrected chi connectivity index (χ2v) is 5.18. The molecule has 0 amide bonds. The molecule has 0 aliphatic carbocycles. The van der Waals surface area contributed by atoms with Crippen molar-refractivity contribution in [3.63, 3.8) is 0 Å². The normalized spacial score (nSPS) is 12.1. The topological polar surface area (TPSA) is 75.1 Å². The zero-order valence-corrected chi connectivity index (χ0v) is 11.2. The van der Waals surface area contributed by atoms with Crippen molar-refractivity contribution in [2.24, 2.45) is 0 Å². The van der Waals surface area contributed by atoms with E-state index in [9.17, 15) is 9.90 Å². The summed E-state index contributed by atoms with van der Waals surface area (Å²) in [6.45, 7) is 0. The molecule has 0 fully saturated rings. The lowest BCUT2D eigenvalue weighted by atomic mass is 10.2. The largest absolute Gasteiger partial charge is 0.479 e. The van der Waals surface area contributed by atoms with Crippen molar-refractivity contribution in [3.8, 4) is 0 Å². The van der Waals surface area contributed by atoms with Crippen LogP contribution in [0.4, 0.5) is 5.82 Å². The van der Waals surface area contributed by atoms with Gasteiger partial charge in [0.2, 0.25) is 0 Å². The van der Waals surface area contributed by atoms with E-state index >= 15 is 0 Å². The van der Waals surface area contributed by atoms with Crippen molar-refractivity contribution in [3.05, 3.63) is 34.8 Å². The molecule has 0 radical (unpaired) electrons. The van der Waals surface area contributed by atoms with Gasteiger partial charge < -0.3 is 10.4 Å². The number of thiophene rings is 1. The minimum atomic E-state index is -0.929. The van der Waals surface area contributed by atoms with Gasteiger partial charge in [-0.2, -0.15) is 0 Å². The van der Waals surface area contributed by atoms with Gasteiger partial charge in [-0.05, 0) is 17.7 Å². The second kappa shape index (κ2) is 5.83. The molecule has 0 bridgehead atoms. The van der Waals surface area contributed by atoms with Crippen LogP contribution in [0.15, 0.2) is 34.9 Å². The maximum Gasteiger partial charge on any atom is 0.331 e. The number of nitrogens with one attached hydrogen (secondary N) is 1. The molecule has 0 saturated heterocycles. The van der Waals surface area contributed by atoms with Crippen LogP contribution in [0.3, 0.4) is 0 Å². The van der Waals surface area contributed by atoms with Gasteiger partial charge in [-0.3, -0.25) is 0 Å². The molecule has 0 aliphatic heterocycles. The van der Waals surface area contributed by atoms with Gasteiger partial charge in [0.1, 0.15) is 17.2 Å². The molecule has 2 rings (SSSR count). The number of carboxylic acids is 1. The number of aromatic nitrogens is 2. The molecular formula is C11H11N3O2S2. The number of hydrogen-bond donors (Lipinski definition) is 2. The van der Waals surface area contributed by atoms with Gasteiger partial charge in [-0.1, -0.05) is 6.07 Å². The highest BCUT2D eigenvalue weighted by Crippen LogP contribution is 2.24. The fourth-order valence-corrected chi connectivity index (χ4v) is 2.54. The average Bonchev–Trinajstić information content (AvgIpc) is 2.89. The molecule has 2 N–H and O–H groups in total. The highest BCUT2D eigenvalue weighted by atomic mass is 32.2. The Kier molecular flexibility index (Phi) is 4.16. The lowest BCUT2D eigenvalue weighted by molar-refractivity contribution is -0.138. The predicted molar refractivity (Wildman–Crippen MR) is 72.1 cm³/mol. The maximum absolute atomic E-state index is 11.3. The standard InChI is InChI=1S/C11H11N3O2S2/c1-17-9-5-8(12-6-13-9)14-10(11(15)16)7-3-2-4-18-7/h2-6,10H,1H3,(H,15,16)(H,12,13,14). The van der Waals surface area contributed by atoms with Crippen LogP contribution in [0.25, 0.3) is 0 Å². The number of nitrogens with zero attached hydrogens (tertiary/aromatic N) is 2. The van der Waals surface area contributed by atoms with Crippen molar-refractivity contribution >= 4 is 34.9 Å². The number of carbonyl (C=O) groups is 1. The number of rotatable bonds is 5. The van der Waals surface area contributed by atoms with E-state index in [1.165, 1.54) is 29.4 Å². The molecule has 2 heterocycles. The zero-order valence-electron chi connectivity index (χ0n) is 9.53. The van der Waals surface area contributed by atoms with Crippen LogP contribution in [-0.2, 0) is 4.79 Å². The molecule has 94 valence electrons. The highest BCUT2D eigenvalue weighted by molar-refractivity contribution is 7.98. The summed E-state index contributed by atoms with van der Waals surface area (Å²) >= 11 is 2.88. The lowest BCUT2D eigenvalue weighted by Crippen LogP contribution is -2.20. The molecule has 2 aromatic heterocycles. The van der Waals surface area contributed by atoms with E-state index in [0.29, 0.717) is 5.82 Å². The van der Waals surface area contributed by atoms with E-state index in [1.807, 2.05) is 17.7 Å². The summed E-state index contributed by atoms with van der Waals surface area (Å²) in [5.41, 5.74) is 0. The third-order valence-electron chi connectivity index (χ3n) is 2.22. The molecule has 1 unspecified atom stereocenters. The molecule has 0 aliphatic rings. The Hall–Kier alpha value is -1.60. The first kappa shape index (κ1) is 12.8. The molecule has 5 nitrogen and oxygen atoms in total. The molecule has 1 atom stereocenters. The van der Waals surface area contributed by atoms with Crippen molar-refractivity contribution in [2.75, 3.05) is 11.6 Å². The van der Waals surface area contributed by atoms with Gasteiger partial charge in [0.25, 0.3) is 0 Å². The summed E-state index contributed by atoms with van der Waals surface area (Å²) in [5.74, 6) is -0.420. The van der Waals surface area contributed by atoms with Crippen LogP contribution in [0.5, 0.6) is 0 Å². The van der Waals surface area contributed by atoms with Crippen molar-refractivity contribution in [2.45, 2.75) is 11.1 Å². The Morgan fingerprint density at radius 1 is 1.56 bits per heavy atom. The van der Waals surface area contributed by atoms with E-state index in [1.54, 1.807) is 12.1 Å². The van der Waals surface area contributed by atoms with E-state index in [0.717, 1.165) is 9.90 Å². The highest BCUT2D eigenvalue weighted by Gasteiger charge is 2.21. The van der Waals surface area contributed by atoms with E-state index in [-0.39, 0.29) is 0 Å². The third-order valence-corrected chi connectivity index (χ3v) is 3.80. The second-order valence-electron chi connectivity index (χ2n) is 3.38. The van der Waals surface area contributed by atoms with Gasteiger partial charge in [0.05, 0.1) is 0 Å². The molecule has 18 heavy (non-hydrogen) atoms. The van der Waals surface area contributed by atoms with E-state index < -0.39 is 12.0 Å². The number of carboxylic acid groups (broad SMARTS) is 1. The molecule has 7 heteroatoms. The summed E-state index contributed by atoms with van der Waals surface area (Å²) < 4.78 is 0. The van der Waals surface area contributed by atoms with Crippen molar-refractivity contribution in [1.82, 2.24) is 9.97 Å². The Labute approximate surface area is 112 Å². The van der Waals surface area contributed by atoms with Crippen LogP contribution >= 0.6 is 23.1 Å². The summed E-state index contributed by atoms with van der Waals surface area (Å²) in [4.78, 5) is 20.1.